The van der Waals surface area contributed by atoms with Crippen LogP contribution in [0.1, 0.15) is 36.6 Å². The van der Waals surface area contributed by atoms with Gasteiger partial charge in [-0.05, 0) is 39.9 Å². The number of aromatic nitrogens is 3. The summed E-state index contributed by atoms with van der Waals surface area (Å²) in [6, 6.07) is 2.20. The van der Waals surface area contributed by atoms with Crippen molar-refractivity contribution >= 4 is 0 Å². The van der Waals surface area contributed by atoms with Gasteiger partial charge in [-0.25, -0.2) is 4.68 Å². The fourth-order valence-electron chi connectivity index (χ4n) is 2.68. The van der Waals surface area contributed by atoms with Crippen molar-refractivity contribution in [3.63, 3.8) is 0 Å². The first-order chi connectivity index (χ1) is 9.72. The highest BCUT2D eigenvalue weighted by atomic mass is 16.5. The van der Waals surface area contributed by atoms with E-state index in [-0.39, 0.29) is 0 Å². The molecule has 1 aliphatic heterocycles. The summed E-state index contributed by atoms with van der Waals surface area (Å²) in [5.74, 6) is 0.432. The Hall–Kier alpha value is -1.45. The number of nitrogens with zero attached hydrogens (tertiary/aromatic N) is 5. The molecule has 6 nitrogen and oxygen atoms in total. The Morgan fingerprint density at radius 3 is 2.80 bits per heavy atom. The fourth-order valence-corrected chi connectivity index (χ4v) is 2.68. The lowest BCUT2D eigenvalue weighted by Gasteiger charge is -2.23. The summed E-state index contributed by atoms with van der Waals surface area (Å²) >= 11 is 0. The number of rotatable bonds is 6. The highest BCUT2D eigenvalue weighted by Gasteiger charge is 2.24. The Morgan fingerprint density at radius 2 is 2.15 bits per heavy atom. The molecule has 1 aromatic heterocycles. The zero-order chi connectivity index (χ0) is 14.4. The van der Waals surface area contributed by atoms with Crippen LogP contribution in [0.5, 0.6) is 0 Å². The molecular formula is C14H23N5O. The molecule has 0 aliphatic carbocycles. The normalized spacial score (nSPS) is 16.5. The topological polar surface area (TPSA) is 67.0 Å². The van der Waals surface area contributed by atoms with Gasteiger partial charge in [-0.3, -0.25) is 0 Å². The molecular weight excluding hydrogens is 254 g/mol. The van der Waals surface area contributed by atoms with Gasteiger partial charge in [0.1, 0.15) is 5.69 Å². The van der Waals surface area contributed by atoms with Crippen LogP contribution in [0.25, 0.3) is 0 Å². The first-order valence-corrected chi connectivity index (χ1v) is 7.24. The van der Waals surface area contributed by atoms with E-state index in [1.165, 1.54) is 0 Å². The van der Waals surface area contributed by atoms with Crippen LogP contribution in [0.3, 0.4) is 0 Å². The minimum atomic E-state index is 0.348. The third kappa shape index (κ3) is 3.78. The summed E-state index contributed by atoms with van der Waals surface area (Å²) in [7, 11) is 4.14. The zero-order valence-electron chi connectivity index (χ0n) is 12.4. The number of hydrogen-bond donors (Lipinski definition) is 0. The van der Waals surface area contributed by atoms with Crippen molar-refractivity contribution < 1.29 is 4.74 Å². The van der Waals surface area contributed by atoms with Gasteiger partial charge in [-0.2, -0.15) is 5.26 Å². The van der Waals surface area contributed by atoms with E-state index in [1.807, 2.05) is 4.68 Å². The maximum Gasteiger partial charge on any atom is 0.100 e. The summed E-state index contributed by atoms with van der Waals surface area (Å²) in [6.45, 7) is 3.48. The molecule has 20 heavy (non-hydrogen) atoms. The third-order valence-corrected chi connectivity index (χ3v) is 3.68. The van der Waals surface area contributed by atoms with Gasteiger partial charge in [0, 0.05) is 25.7 Å². The van der Waals surface area contributed by atoms with Crippen LogP contribution in [-0.2, 0) is 17.7 Å². The Morgan fingerprint density at radius 1 is 1.40 bits per heavy atom. The molecule has 0 radical (unpaired) electrons. The summed E-state index contributed by atoms with van der Waals surface area (Å²) < 4.78 is 7.43. The molecule has 2 heterocycles. The second kappa shape index (κ2) is 7.36. The lowest BCUT2D eigenvalue weighted by Crippen LogP contribution is -2.20. The second-order valence-corrected chi connectivity index (χ2v) is 5.52. The van der Waals surface area contributed by atoms with Crippen LogP contribution in [0.4, 0.5) is 0 Å². The zero-order valence-corrected chi connectivity index (χ0v) is 12.4. The molecule has 0 bridgehead atoms. The molecule has 0 N–H and O–H groups in total. The number of aryl methyl sites for hydroxylation is 1. The Kier molecular flexibility index (Phi) is 5.50. The van der Waals surface area contributed by atoms with Gasteiger partial charge in [0.25, 0.3) is 0 Å². The predicted octanol–water partition coefficient (Wildman–Crippen LogP) is 1.19. The van der Waals surface area contributed by atoms with E-state index in [1.54, 1.807) is 0 Å². The summed E-state index contributed by atoms with van der Waals surface area (Å²) in [5, 5.41) is 17.4. The third-order valence-electron chi connectivity index (χ3n) is 3.68. The number of ether oxygens (including phenoxy) is 1. The maximum atomic E-state index is 8.94. The first-order valence-electron chi connectivity index (χ1n) is 7.24. The van der Waals surface area contributed by atoms with Crippen molar-refractivity contribution in [2.24, 2.45) is 0 Å². The van der Waals surface area contributed by atoms with E-state index in [9.17, 15) is 0 Å². The van der Waals surface area contributed by atoms with Crippen molar-refractivity contribution in [1.29, 1.82) is 5.26 Å². The molecule has 0 saturated carbocycles. The van der Waals surface area contributed by atoms with E-state index in [0.717, 1.165) is 57.0 Å². The van der Waals surface area contributed by atoms with Crippen LogP contribution in [0.15, 0.2) is 0 Å². The minimum Gasteiger partial charge on any atom is -0.381 e. The Bertz CT molecular complexity index is 457. The average molecular weight is 277 g/mol. The standard InChI is InChI=1S/C14H23N5O/c1-18(2)8-3-9-19-14(12-5-10-20-11-6-12)13(4-7-15)16-17-19/h12H,3-6,8-11H2,1-2H3. The minimum absolute atomic E-state index is 0.348. The molecule has 1 saturated heterocycles. The fraction of sp³-hybridized carbons (Fsp3) is 0.786. The van der Waals surface area contributed by atoms with Gasteiger partial charge in [-0.1, -0.05) is 5.21 Å². The summed E-state index contributed by atoms with van der Waals surface area (Å²) in [6.07, 6.45) is 3.39. The molecule has 0 atom stereocenters. The van der Waals surface area contributed by atoms with Gasteiger partial charge in [-0.15, -0.1) is 5.10 Å². The van der Waals surface area contributed by atoms with Crippen LogP contribution in [0.2, 0.25) is 0 Å². The van der Waals surface area contributed by atoms with Crippen LogP contribution in [-0.4, -0.2) is 53.7 Å². The van der Waals surface area contributed by atoms with Gasteiger partial charge in [0.05, 0.1) is 18.2 Å². The monoisotopic (exact) mass is 277 g/mol. The van der Waals surface area contributed by atoms with Crippen LogP contribution < -0.4 is 0 Å². The molecule has 0 spiro atoms. The van der Waals surface area contributed by atoms with E-state index in [4.69, 9.17) is 10.00 Å². The van der Waals surface area contributed by atoms with Gasteiger partial charge < -0.3 is 9.64 Å². The second-order valence-electron chi connectivity index (χ2n) is 5.52. The molecule has 2 rings (SSSR count). The van der Waals surface area contributed by atoms with Gasteiger partial charge >= 0.3 is 0 Å². The molecule has 0 unspecified atom stereocenters. The Labute approximate surface area is 120 Å². The van der Waals surface area contributed by atoms with Crippen molar-refractivity contribution in [2.45, 2.75) is 38.1 Å². The molecule has 1 aliphatic rings. The molecule has 0 aromatic carbocycles. The molecule has 0 amide bonds. The Balaban J connectivity index is 2.11. The van der Waals surface area contributed by atoms with Crippen molar-refractivity contribution in [1.82, 2.24) is 19.9 Å². The molecule has 1 fully saturated rings. The molecule has 110 valence electrons. The molecule has 6 heteroatoms. The van der Waals surface area contributed by atoms with Gasteiger partial charge in [0.2, 0.25) is 0 Å². The largest absolute Gasteiger partial charge is 0.381 e. The van der Waals surface area contributed by atoms with Gasteiger partial charge in [0.15, 0.2) is 0 Å². The van der Waals surface area contributed by atoms with Crippen molar-refractivity contribution in [2.75, 3.05) is 33.9 Å². The van der Waals surface area contributed by atoms with E-state index in [0.29, 0.717) is 12.3 Å². The van der Waals surface area contributed by atoms with Crippen molar-refractivity contribution in [3.05, 3.63) is 11.4 Å². The van der Waals surface area contributed by atoms with Crippen LogP contribution in [0, 0.1) is 11.3 Å². The first kappa shape index (κ1) is 14.9. The quantitative estimate of drug-likeness (QED) is 0.781. The maximum absolute atomic E-state index is 8.94. The smallest absolute Gasteiger partial charge is 0.100 e. The summed E-state index contributed by atoms with van der Waals surface area (Å²) in [5.41, 5.74) is 2.01. The lowest BCUT2D eigenvalue weighted by molar-refractivity contribution is 0.0832. The summed E-state index contributed by atoms with van der Waals surface area (Å²) in [4.78, 5) is 2.17. The number of nitriles is 1. The SMILES string of the molecule is CN(C)CCCn1nnc(CC#N)c1C1CCOCC1. The van der Waals surface area contributed by atoms with E-state index >= 15 is 0 Å². The highest BCUT2D eigenvalue weighted by Crippen LogP contribution is 2.28. The molecule has 1 aromatic rings. The van der Waals surface area contributed by atoms with E-state index < -0.39 is 0 Å². The van der Waals surface area contributed by atoms with Crippen LogP contribution >= 0.6 is 0 Å². The lowest BCUT2D eigenvalue weighted by atomic mass is 9.94. The van der Waals surface area contributed by atoms with Crippen molar-refractivity contribution in [3.8, 4) is 6.07 Å². The predicted molar refractivity (Wildman–Crippen MR) is 75.3 cm³/mol. The highest BCUT2D eigenvalue weighted by molar-refractivity contribution is 5.19. The number of hydrogen-bond acceptors (Lipinski definition) is 5. The van der Waals surface area contributed by atoms with E-state index in [2.05, 4.69) is 35.4 Å². The average Bonchev–Trinajstić information content (AvgIpc) is 2.83.